The lowest BCUT2D eigenvalue weighted by atomic mass is 9.86. The Bertz CT molecular complexity index is 299. The molecule has 0 amide bonds. The molecule has 0 aromatic rings. The smallest absolute Gasteiger partial charge is 0.106 e. The van der Waals surface area contributed by atoms with Gasteiger partial charge in [0.05, 0.1) is 17.7 Å². The Kier molecular flexibility index (Phi) is 3.90. The SMILES string of the molecule is CO/N=C1\CN(C)CC1(CO)CN=[N+]=[N-]. The van der Waals surface area contributed by atoms with E-state index in [4.69, 9.17) is 10.4 Å². The molecule has 7 nitrogen and oxygen atoms in total. The molecule has 1 aliphatic heterocycles. The van der Waals surface area contributed by atoms with Crippen molar-refractivity contribution in [1.29, 1.82) is 0 Å². The van der Waals surface area contributed by atoms with Crippen molar-refractivity contribution in [2.45, 2.75) is 0 Å². The highest BCUT2D eigenvalue weighted by Gasteiger charge is 2.42. The van der Waals surface area contributed by atoms with Crippen molar-refractivity contribution >= 4 is 5.71 Å². The first kappa shape index (κ1) is 11.8. The minimum atomic E-state index is -0.586. The summed E-state index contributed by atoms with van der Waals surface area (Å²) in [6, 6.07) is 0. The number of rotatable bonds is 4. The van der Waals surface area contributed by atoms with Gasteiger partial charge in [-0.2, -0.15) is 0 Å². The molecule has 0 aromatic heterocycles. The Labute approximate surface area is 87.9 Å². The summed E-state index contributed by atoms with van der Waals surface area (Å²) in [5.74, 6) is 0. The minimum Gasteiger partial charge on any atom is -0.399 e. The lowest BCUT2D eigenvalue weighted by Gasteiger charge is -2.24. The zero-order chi connectivity index (χ0) is 11.3. The average molecular weight is 213 g/mol. The van der Waals surface area contributed by atoms with E-state index in [1.54, 1.807) is 0 Å². The minimum absolute atomic E-state index is 0.0987. The molecule has 0 radical (unpaired) electrons. The monoisotopic (exact) mass is 213 g/mol. The molecule has 1 atom stereocenters. The topological polar surface area (TPSA) is 93.8 Å². The number of aliphatic hydroxyl groups excluding tert-OH is 1. The Morgan fingerprint density at radius 2 is 2.47 bits per heavy atom. The van der Waals surface area contributed by atoms with E-state index in [1.165, 1.54) is 7.11 Å². The molecule has 0 spiro atoms. The van der Waals surface area contributed by atoms with E-state index in [1.807, 2.05) is 11.9 Å². The van der Waals surface area contributed by atoms with Crippen LogP contribution < -0.4 is 0 Å². The predicted octanol–water partition coefficient (Wildman–Crippen LogP) is 0.223. The van der Waals surface area contributed by atoms with Crippen molar-refractivity contribution in [2.75, 3.05) is 40.4 Å². The summed E-state index contributed by atoms with van der Waals surface area (Å²) in [7, 11) is 3.37. The summed E-state index contributed by atoms with van der Waals surface area (Å²) in [6.07, 6.45) is 0. The highest BCUT2D eigenvalue weighted by molar-refractivity contribution is 5.94. The highest BCUT2D eigenvalue weighted by atomic mass is 16.6. The van der Waals surface area contributed by atoms with Gasteiger partial charge >= 0.3 is 0 Å². The molecule has 15 heavy (non-hydrogen) atoms. The van der Waals surface area contributed by atoms with Crippen molar-refractivity contribution in [1.82, 2.24) is 4.90 Å². The van der Waals surface area contributed by atoms with Crippen molar-refractivity contribution in [3.8, 4) is 0 Å². The van der Waals surface area contributed by atoms with Crippen LogP contribution in [0.5, 0.6) is 0 Å². The molecule has 1 heterocycles. The second kappa shape index (κ2) is 4.97. The lowest BCUT2D eigenvalue weighted by Crippen LogP contribution is -2.37. The van der Waals surface area contributed by atoms with Gasteiger partial charge in [-0.15, -0.1) is 0 Å². The number of likely N-dealkylation sites (tertiary alicyclic amines) is 1. The molecule has 1 unspecified atom stereocenters. The molecule has 0 aromatic carbocycles. The van der Waals surface area contributed by atoms with E-state index in [9.17, 15) is 5.11 Å². The van der Waals surface area contributed by atoms with Crippen molar-refractivity contribution in [2.24, 2.45) is 15.7 Å². The van der Waals surface area contributed by atoms with Crippen LogP contribution in [0.3, 0.4) is 0 Å². The molecule has 0 aliphatic carbocycles. The van der Waals surface area contributed by atoms with Crippen LogP contribution in [-0.2, 0) is 4.84 Å². The summed E-state index contributed by atoms with van der Waals surface area (Å²) < 4.78 is 0. The fourth-order valence-corrected chi connectivity index (χ4v) is 1.82. The van der Waals surface area contributed by atoms with Crippen LogP contribution in [0.4, 0.5) is 0 Å². The molecule has 1 rings (SSSR count). The van der Waals surface area contributed by atoms with E-state index in [2.05, 4.69) is 15.2 Å². The number of oxime groups is 1. The number of nitrogens with zero attached hydrogens (tertiary/aromatic N) is 5. The van der Waals surface area contributed by atoms with E-state index in [0.717, 1.165) is 5.71 Å². The summed E-state index contributed by atoms with van der Waals surface area (Å²) in [5.41, 5.74) is 8.45. The normalized spacial score (nSPS) is 29.1. The first-order valence-electron chi connectivity index (χ1n) is 4.59. The van der Waals surface area contributed by atoms with Gasteiger partial charge in [0.25, 0.3) is 0 Å². The average Bonchev–Trinajstić information content (AvgIpc) is 2.53. The molecule has 1 fully saturated rings. The standard InChI is InChI=1S/C8H15N5O2/c1-13-3-7(11-15-2)8(5-13,6-14)4-10-12-9/h14H,3-6H2,1-2H3/b11-7+. The third kappa shape index (κ3) is 2.38. The summed E-state index contributed by atoms with van der Waals surface area (Å²) in [4.78, 5) is 9.44. The number of hydrogen-bond acceptors (Lipinski definition) is 5. The van der Waals surface area contributed by atoms with Crippen molar-refractivity contribution in [3.63, 3.8) is 0 Å². The van der Waals surface area contributed by atoms with Gasteiger partial charge in [-0.1, -0.05) is 10.3 Å². The maximum atomic E-state index is 9.41. The maximum absolute atomic E-state index is 9.41. The highest BCUT2D eigenvalue weighted by Crippen LogP contribution is 2.27. The van der Waals surface area contributed by atoms with Crippen LogP contribution >= 0.6 is 0 Å². The summed E-state index contributed by atoms with van der Waals surface area (Å²) in [5, 5.41) is 16.8. The zero-order valence-electron chi connectivity index (χ0n) is 8.92. The molecular weight excluding hydrogens is 198 g/mol. The van der Waals surface area contributed by atoms with Crippen LogP contribution in [0.1, 0.15) is 0 Å². The van der Waals surface area contributed by atoms with Gasteiger partial charge in [0.2, 0.25) is 0 Å². The molecule has 84 valence electrons. The lowest BCUT2D eigenvalue weighted by molar-refractivity contribution is 0.167. The summed E-state index contributed by atoms with van der Waals surface area (Å²) >= 11 is 0. The summed E-state index contributed by atoms with van der Waals surface area (Å²) in [6.45, 7) is 1.34. The first-order chi connectivity index (χ1) is 7.18. The van der Waals surface area contributed by atoms with Crippen LogP contribution in [0.25, 0.3) is 10.4 Å². The quantitative estimate of drug-likeness (QED) is 0.313. The zero-order valence-corrected chi connectivity index (χ0v) is 8.92. The van der Waals surface area contributed by atoms with Gasteiger partial charge in [-0.05, 0) is 12.6 Å². The van der Waals surface area contributed by atoms with Gasteiger partial charge < -0.3 is 9.94 Å². The second-order valence-electron chi connectivity index (χ2n) is 3.72. The molecule has 0 saturated carbocycles. The molecule has 1 aliphatic rings. The maximum Gasteiger partial charge on any atom is 0.106 e. The van der Waals surface area contributed by atoms with Crippen LogP contribution in [0.2, 0.25) is 0 Å². The van der Waals surface area contributed by atoms with E-state index < -0.39 is 5.41 Å². The third-order valence-electron chi connectivity index (χ3n) is 2.55. The number of aliphatic hydroxyl groups is 1. The van der Waals surface area contributed by atoms with E-state index in [-0.39, 0.29) is 13.2 Å². The number of hydrogen-bond donors (Lipinski definition) is 1. The van der Waals surface area contributed by atoms with Gasteiger partial charge in [0.1, 0.15) is 7.11 Å². The Morgan fingerprint density at radius 1 is 1.73 bits per heavy atom. The Morgan fingerprint density at radius 3 is 3.00 bits per heavy atom. The second-order valence-corrected chi connectivity index (χ2v) is 3.72. The van der Waals surface area contributed by atoms with Crippen molar-refractivity contribution in [3.05, 3.63) is 10.4 Å². The number of azide groups is 1. The van der Waals surface area contributed by atoms with E-state index >= 15 is 0 Å². The van der Waals surface area contributed by atoms with Gasteiger partial charge in [-0.3, -0.25) is 4.90 Å². The van der Waals surface area contributed by atoms with Gasteiger partial charge in [0.15, 0.2) is 0 Å². The molecular formula is C8H15N5O2. The molecule has 1 saturated heterocycles. The fraction of sp³-hybridized carbons (Fsp3) is 0.875. The predicted molar refractivity (Wildman–Crippen MR) is 55.5 cm³/mol. The van der Waals surface area contributed by atoms with Crippen LogP contribution in [0, 0.1) is 5.41 Å². The molecule has 0 bridgehead atoms. The van der Waals surface area contributed by atoms with Crippen LogP contribution in [0.15, 0.2) is 10.3 Å². The van der Waals surface area contributed by atoms with Gasteiger partial charge in [-0.25, -0.2) is 0 Å². The molecule has 7 heteroatoms. The Balaban J connectivity index is 2.93. The van der Waals surface area contributed by atoms with Crippen molar-refractivity contribution < 1.29 is 9.94 Å². The molecule has 1 N–H and O–H groups in total. The Hall–Kier alpha value is -1.30. The van der Waals surface area contributed by atoms with Crippen LogP contribution in [-0.4, -0.2) is 56.1 Å². The third-order valence-corrected chi connectivity index (χ3v) is 2.55. The first-order valence-corrected chi connectivity index (χ1v) is 4.59. The van der Waals surface area contributed by atoms with Gasteiger partial charge in [0, 0.05) is 24.5 Å². The fourth-order valence-electron chi connectivity index (χ4n) is 1.82. The largest absolute Gasteiger partial charge is 0.399 e. The van der Waals surface area contributed by atoms with E-state index in [0.29, 0.717) is 13.1 Å².